The van der Waals surface area contributed by atoms with Gasteiger partial charge in [-0.1, -0.05) is 12.1 Å². The molecule has 0 aliphatic heterocycles. The lowest BCUT2D eigenvalue weighted by atomic mass is 10.00. The van der Waals surface area contributed by atoms with Crippen LogP contribution in [0.1, 0.15) is 36.0 Å². The predicted molar refractivity (Wildman–Crippen MR) is 81.2 cm³/mol. The summed E-state index contributed by atoms with van der Waals surface area (Å²) in [6.07, 6.45) is 3.28. The van der Waals surface area contributed by atoms with Gasteiger partial charge in [-0.3, -0.25) is 4.79 Å². The van der Waals surface area contributed by atoms with Crippen molar-refractivity contribution in [3.63, 3.8) is 0 Å². The molecule has 1 aliphatic carbocycles. The van der Waals surface area contributed by atoms with Crippen LogP contribution in [0.15, 0.2) is 24.3 Å². The van der Waals surface area contributed by atoms with Crippen LogP contribution in [0.5, 0.6) is 0 Å². The Kier molecular flexibility index (Phi) is 4.99. The molecule has 1 aromatic carbocycles. The summed E-state index contributed by atoms with van der Waals surface area (Å²) in [5.74, 6) is -0.726. The monoisotopic (exact) mass is 301 g/mol. The van der Waals surface area contributed by atoms with Crippen LogP contribution >= 0.6 is 0 Å². The molecule has 1 amide bonds. The first-order chi connectivity index (χ1) is 10.6. The van der Waals surface area contributed by atoms with Crippen LogP contribution in [-0.2, 0) is 9.53 Å². The van der Waals surface area contributed by atoms with E-state index in [0.717, 1.165) is 12.8 Å². The molecule has 0 radical (unpaired) electrons. The van der Waals surface area contributed by atoms with Crippen molar-refractivity contribution in [2.45, 2.75) is 31.2 Å². The molecule has 1 saturated carbocycles. The zero-order valence-corrected chi connectivity index (χ0v) is 12.5. The highest BCUT2D eigenvalue weighted by atomic mass is 16.5. The average Bonchev–Trinajstić information content (AvgIpc) is 3.01. The van der Waals surface area contributed by atoms with Crippen molar-refractivity contribution >= 4 is 17.6 Å². The zero-order chi connectivity index (χ0) is 16.0. The average molecular weight is 301 g/mol. The van der Waals surface area contributed by atoms with Crippen molar-refractivity contribution in [1.29, 1.82) is 5.26 Å². The second-order valence-corrected chi connectivity index (χ2v) is 5.34. The number of carbonyl (C=O) groups is 2. The number of ether oxygens (including phenoxy) is 1. The van der Waals surface area contributed by atoms with Gasteiger partial charge in [-0.2, -0.15) is 5.26 Å². The van der Waals surface area contributed by atoms with Crippen molar-refractivity contribution in [3.05, 3.63) is 29.8 Å². The summed E-state index contributed by atoms with van der Waals surface area (Å²) < 4.78 is 4.70. The van der Waals surface area contributed by atoms with Gasteiger partial charge in [0.1, 0.15) is 5.54 Å². The summed E-state index contributed by atoms with van der Waals surface area (Å²) >= 11 is 0. The van der Waals surface area contributed by atoms with E-state index in [4.69, 9.17) is 4.74 Å². The number of benzene rings is 1. The fraction of sp³-hybridized carbons (Fsp3) is 0.438. The zero-order valence-electron chi connectivity index (χ0n) is 12.5. The van der Waals surface area contributed by atoms with Gasteiger partial charge in [0, 0.05) is 5.69 Å². The number of hydrogen-bond acceptors (Lipinski definition) is 5. The van der Waals surface area contributed by atoms with Gasteiger partial charge in [0.15, 0.2) is 0 Å². The molecule has 0 unspecified atom stereocenters. The molecule has 0 atom stereocenters. The topological polar surface area (TPSA) is 91.2 Å². The number of amides is 1. The largest absolute Gasteiger partial charge is 0.465 e. The molecule has 1 fully saturated rings. The van der Waals surface area contributed by atoms with E-state index in [1.54, 1.807) is 24.3 Å². The van der Waals surface area contributed by atoms with E-state index in [2.05, 4.69) is 16.7 Å². The molecule has 6 heteroatoms. The van der Waals surface area contributed by atoms with Crippen LogP contribution in [0, 0.1) is 11.3 Å². The maximum absolute atomic E-state index is 12.0. The van der Waals surface area contributed by atoms with Gasteiger partial charge in [-0.15, -0.1) is 0 Å². The lowest BCUT2D eigenvalue weighted by Gasteiger charge is -2.22. The van der Waals surface area contributed by atoms with Crippen LogP contribution in [0.2, 0.25) is 0 Å². The number of esters is 1. The van der Waals surface area contributed by atoms with Gasteiger partial charge >= 0.3 is 5.97 Å². The molecule has 0 saturated heterocycles. The Morgan fingerprint density at radius 2 is 2.00 bits per heavy atom. The Morgan fingerprint density at radius 3 is 2.64 bits per heavy atom. The minimum Gasteiger partial charge on any atom is -0.465 e. The van der Waals surface area contributed by atoms with Gasteiger partial charge in [0.05, 0.1) is 25.3 Å². The van der Waals surface area contributed by atoms with Crippen molar-refractivity contribution in [2.24, 2.45) is 0 Å². The van der Waals surface area contributed by atoms with E-state index < -0.39 is 11.5 Å². The maximum Gasteiger partial charge on any atom is 0.339 e. The second kappa shape index (κ2) is 6.94. The third-order valence-corrected chi connectivity index (χ3v) is 3.82. The van der Waals surface area contributed by atoms with Gasteiger partial charge < -0.3 is 15.4 Å². The third-order valence-electron chi connectivity index (χ3n) is 3.82. The van der Waals surface area contributed by atoms with Crippen LogP contribution in [0.4, 0.5) is 5.69 Å². The van der Waals surface area contributed by atoms with E-state index in [0.29, 0.717) is 24.1 Å². The summed E-state index contributed by atoms with van der Waals surface area (Å²) in [6.45, 7) is -0.00254. The fourth-order valence-corrected chi connectivity index (χ4v) is 2.66. The fourth-order valence-electron chi connectivity index (χ4n) is 2.66. The highest BCUT2D eigenvalue weighted by Crippen LogP contribution is 2.28. The van der Waals surface area contributed by atoms with Crippen LogP contribution in [0.3, 0.4) is 0 Å². The number of nitrogens with one attached hydrogen (secondary N) is 2. The van der Waals surface area contributed by atoms with Crippen LogP contribution < -0.4 is 10.6 Å². The van der Waals surface area contributed by atoms with Crippen molar-refractivity contribution in [2.75, 3.05) is 19.0 Å². The van der Waals surface area contributed by atoms with E-state index in [-0.39, 0.29) is 12.5 Å². The molecule has 22 heavy (non-hydrogen) atoms. The molecular weight excluding hydrogens is 282 g/mol. The van der Waals surface area contributed by atoms with Gasteiger partial charge in [0.2, 0.25) is 5.91 Å². The molecule has 2 rings (SSSR count). The summed E-state index contributed by atoms with van der Waals surface area (Å²) in [5, 5.41) is 15.0. The van der Waals surface area contributed by atoms with Crippen LogP contribution in [-0.4, -0.2) is 31.1 Å². The van der Waals surface area contributed by atoms with Gasteiger partial charge in [-0.05, 0) is 37.8 Å². The van der Waals surface area contributed by atoms with E-state index in [1.165, 1.54) is 7.11 Å². The second-order valence-electron chi connectivity index (χ2n) is 5.34. The molecule has 1 aromatic rings. The van der Waals surface area contributed by atoms with Crippen molar-refractivity contribution in [1.82, 2.24) is 5.32 Å². The number of methoxy groups -OCH3 is 1. The lowest BCUT2D eigenvalue weighted by Crippen LogP contribution is -2.47. The SMILES string of the molecule is COC(=O)c1ccccc1NCC(=O)NC1(C#N)CCCC1. The molecule has 116 valence electrons. The Labute approximate surface area is 129 Å². The number of para-hydroxylation sites is 1. The molecule has 1 aliphatic rings. The minimum absolute atomic E-state index is 0.00254. The van der Waals surface area contributed by atoms with E-state index in [9.17, 15) is 14.9 Å². The number of nitrogens with zero attached hydrogens (tertiary/aromatic N) is 1. The van der Waals surface area contributed by atoms with Gasteiger partial charge in [0.25, 0.3) is 0 Å². The Bertz CT molecular complexity index is 601. The minimum atomic E-state index is -0.735. The summed E-state index contributed by atoms with van der Waals surface area (Å²) in [5.41, 5.74) is 0.163. The first-order valence-corrected chi connectivity index (χ1v) is 7.24. The van der Waals surface area contributed by atoms with E-state index in [1.807, 2.05) is 0 Å². The Hall–Kier alpha value is -2.55. The van der Waals surface area contributed by atoms with Crippen LogP contribution in [0.25, 0.3) is 0 Å². The van der Waals surface area contributed by atoms with E-state index >= 15 is 0 Å². The number of nitriles is 1. The molecule has 0 bridgehead atoms. The number of carbonyl (C=O) groups excluding carboxylic acids is 2. The maximum atomic E-state index is 12.0. The predicted octanol–water partition coefficient (Wildman–Crippen LogP) is 1.84. The molecule has 0 heterocycles. The molecule has 0 aromatic heterocycles. The lowest BCUT2D eigenvalue weighted by molar-refractivity contribution is -0.120. The van der Waals surface area contributed by atoms with Gasteiger partial charge in [-0.25, -0.2) is 4.79 Å². The summed E-state index contributed by atoms with van der Waals surface area (Å²) in [6, 6.07) is 9.03. The first-order valence-electron chi connectivity index (χ1n) is 7.24. The molecule has 0 spiro atoms. The smallest absolute Gasteiger partial charge is 0.339 e. The highest BCUT2D eigenvalue weighted by molar-refractivity contribution is 5.96. The molecule has 2 N–H and O–H groups in total. The number of anilines is 1. The molecular formula is C16H19N3O3. The number of hydrogen-bond donors (Lipinski definition) is 2. The molecule has 6 nitrogen and oxygen atoms in total. The quantitative estimate of drug-likeness (QED) is 0.810. The number of rotatable bonds is 5. The first kappa shape index (κ1) is 15.8. The van der Waals surface area contributed by atoms with Crippen molar-refractivity contribution in [3.8, 4) is 6.07 Å². The summed E-state index contributed by atoms with van der Waals surface area (Å²) in [4.78, 5) is 23.7. The Balaban J connectivity index is 1.97. The third kappa shape index (κ3) is 3.55. The normalized spacial score (nSPS) is 15.6. The van der Waals surface area contributed by atoms with Crippen molar-refractivity contribution < 1.29 is 14.3 Å². The summed E-state index contributed by atoms with van der Waals surface area (Å²) in [7, 11) is 1.31. The highest BCUT2D eigenvalue weighted by Gasteiger charge is 2.35. The Morgan fingerprint density at radius 1 is 1.32 bits per heavy atom. The standard InChI is InChI=1S/C16H19N3O3/c1-22-15(21)12-6-2-3-7-13(12)18-10-14(20)19-16(11-17)8-4-5-9-16/h2-3,6-7,18H,4-5,8-10H2,1H3,(H,19,20).